The highest BCUT2D eigenvalue weighted by atomic mass is 19.2. The molecular weight excluding hydrogens is 383 g/mol. The van der Waals surface area contributed by atoms with Gasteiger partial charge in [-0.1, -0.05) is 30.3 Å². The van der Waals surface area contributed by atoms with Gasteiger partial charge in [0, 0.05) is 6.54 Å². The fourth-order valence-corrected chi connectivity index (χ4v) is 2.57. The van der Waals surface area contributed by atoms with Gasteiger partial charge < -0.3 is 10.6 Å². The summed E-state index contributed by atoms with van der Waals surface area (Å²) in [6.45, 7) is 2.20. The number of carbonyl (C=O) groups is 2. The van der Waals surface area contributed by atoms with E-state index < -0.39 is 35.0 Å². The molecular formula is C21H16F3N3O2. The maximum Gasteiger partial charge on any atom is 0.274 e. The van der Waals surface area contributed by atoms with Gasteiger partial charge in [-0.2, -0.15) is 0 Å². The summed E-state index contributed by atoms with van der Waals surface area (Å²) in [6, 6.07) is 13.3. The molecule has 3 aromatic rings. The van der Waals surface area contributed by atoms with Crippen molar-refractivity contribution < 1.29 is 22.8 Å². The molecule has 0 fully saturated rings. The topological polar surface area (TPSA) is 71.1 Å². The Morgan fingerprint density at radius 2 is 1.55 bits per heavy atom. The molecule has 5 nitrogen and oxygen atoms in total. The van der Waals surface area contributed by atoms with Crippen molar-refractivity contribution in [2.45, 2.75) is 13.5 Å². The van der Waals surface area contributed by atoms with Crippen LogP contribution >= 0.6 is 0 Å². The SMILES string of the molecule is Cc1ccccc1CNC(=O)c1cccc(C(=O)Nc2ccc(F)c(F)c2F)n1. The van der Waals surface area contributed by atoms with E-state index in [0.717, 1.165) is 17.2 Å². The molecule has 2 amide bonds. The third-order valence-electron chi connectivity index (χ3n) is 4.20. The standard InChI is InChI=1S/C21H16F3N3O2/c1-12-5-2-3-6-13(12)11-25-20(28)16-7-4-8-17(26-16)21(29)27-15-10-9-14(22)18(23)19(15)24/h2-10H,11H2,1H3,(H,25,28)(H,27,29). The van der Waals surface area contributed by atoms with E-state index >= 15 is 0 Å². The zero-order valence-electron chi connectivity index (χ0n) is 15.3. The number of hydrogen-bond acceptors (Lipinski definition) is 3. The number of halogens is 3. The average molecular weight is 399 g/mol. The molecule has 0 atom stereocenters. The van der Waals surface area contributed by atoms with E-state index in [-0.39, 0.29) is 17.9 Å². The third kappa shape index (κ3) is 4.60. The molecule has 0 radical (unpaired) electrons. The minimum absolute atomic E-state index is 0.0167. The second kappa shape index (κ2) is 8.55. The summed E-state index contributed by atoms with van der Waals surface area (Å²) >= 11 is 0. The second-order valence-electron chi connectivity index (χ2n) is 6.19. The summed E-state index contributed by atoms with van der Waals surface area (Å²) in [5.74, 6) is -5.96. The van der Waals surface area contributed by atoms with E-state index in [0.29, 0.717) is 6.07 Å². The molecule has 0 saturated heterocycles. The maximum atomic E-state index is 13.7. The van der Waals surface area contributed by atoms with Crippen LogP contribution in [0.5, 0.6) is 0 Å². The Hall–Kier alpha value is -3.68. The lowest BCUT2D eigenvalue weighted by Gasteiger charge is -2.09. The van der Waals surface area contributed by atoms with Crippen molar-refractivity contribution in [1.82, 2.24) is 10.3 Å². The molecule has 0 spiro atoms. The van der Waals surface area contributed by atoms with E-state index in [9.17, 15) is 22.8 Å². The van der Waals surface area contributed by atoms with E-state index in [1.54, 1.807) is 0 Å². The van der Waals surface area contributed by atoms with Crippen LogP contribution < -0.4 is 10.6 Å². The third-order valence-corrected chi connectivity index (χ3v) is 4.20. The molecule has 0 saturated carbocycles. The van der Waals surface area contributed by atoms with Gasteiger partial charge in [0.15, 0.2) is 17.5 Å². The van der Waals surface area contributed by atoms with Gasteiger partial charge in [-0.3, -0.25) is 9.59 Å². The van der Waals surface area contributed by atoms with Gasteiger partial charge >= 0.3 is 0 Å². The number of aromatic nitrogens is 1. The van der Waals surface area contributed by atoms with Crippen molar-refractivity contribution in [3.63, 3.8) is 0 Å². The summed E-state index contributed by atoms with van der Waals surface area (Å²) in [7, 11) is 0. The Balaban J connectivity index is 1.72. The van der Waals surface area contributed by atoms with Gasteiger partial charge in [0.2, 0.25) is 0 Å². The minimum Gasteiger partial charge on any atom is -0.347 e. The quantitative estimate of drug-likeness (QED) is 0.638. The predicted molar refractivity (Wildman–Crippen MR) is 101 cm³/mol. The molecule has 0 unspecified atom stereocenters. The fourth-order valence-electron chi connectivity index (χ4n) is 2.57. The van der Waals surface area contributed by atoms with Gasteiger partial charge in [0.05, 0.1) is 5.69 Å². The molecule has 0 aliphatic rings. The molecule has 2 aromatic carbocycles. The number of amides is 2. The predicted octanol–water partition coefficient (Wildman–Crippen LogP) is 3.99. The molecule has 1 heterocycles. The Morgan fingerprint density at radius 3 is 2.28 bits per heavy atom. The lowest BCUT2D eigenvalue weighted by molar-refractivity contribution is 0.0945. The Labute approximate surface area is 164 Å². The molecule has 0 aliphatic carbocycles. The van der Waals surface area contributed by atoms with Crippen molar-refractivity contribution in [2.24, 2.45) is 0 Å². The van der Waals surface area contributed by atoms with Crippen molar-refractivity contribution in [2.75, 3.05) is 5.32 Å². The number of aryl methyl sites for hydroxylation is 1. The lowest BCUT2D eigenvalue weighted by atomic mass is 10.1. The molecule has 2 N–H and O–H groups in total. The van der Waals surface area contributed by atoms with E-state index in [1.165, 1.54) is 18.2 Å². The monoisotopic (exact) mass is 399 g/mol. The number of nitrogens with one attached hydrogen (secondary N) is 2. The number of rotatable bonds is 5. The molecule has 1 aromatic heterocycles. The van der Waals surface area contributed by atoms with Crippen molar-refractivity contribution >= 4 is 17.5 Å². The van der Waals surface area contributed by atoms with Gasteiger partial charge in [0.25, 0.3) is 11.8 Å². The minimum atomic E-state index is -1.69. The van der Waals surface area contributed by atoms with Gasteiger partial charge in [-0.25, -0.2) is 18.2 Å². The average Bonchev–Trinajstić information content (AvgIpc) is 2.73. The van der Waals surface area contributed by atoms with Crippen LogP contribution in [0.4, 0.5) is 18.9 Å². The molecule has 148 valence electrons. The smallest absolute Gasteiger partial charge is 0.274 e. The summed E-state index contributed by atoms with van der Waals surface area (Å²) in [5, 5.41) is 4.82. The first-order valence-corrected chi connectivity index (χ1v) is 8.61. The molecule has 0 bridgehead atoms. The number of nitrogens with zero attached hydrogens (tertiary/aromatic N) is 1. The van der Waals surface area contributed by atoms with Crippen LogP contribution in [0.1, 0.15) is 32.1 Å². The normalized spacial score (nSPS) is 10.5. The number of pyridine rings is 1. The molecule has 3 rings (SSSR count). The first-order valence-electron chi connectivity index (χ1n) is 8.61. The zero-order valence-corrected chi connectivity index (χ0v) is 15.3. The summed E-state index contributed by atoms with van der Waals surface area (Å²) in [5.41, 5.74) is 1.21. The second-order valence-corrected chi connectivity index (χ2v) is 6.19. The highest BCUT2D eigenvalue weighted by Crippen LogP contribution is 2.20. The van der Waals surface area contributed by atoms with Crippen LogP contribution in [-0.2, 0) is 6.54 Å². The van der Waals surface area contributed by atoms with Gasteiger partial charge in [-0.05, 0) is 42.3 Å². The number of carbonyl (C=O) groups excluding carboxylic acids is 2. The highest BCUT2D eigenvalue weighted by molar-refractivity contribution is 6.03. The van der Waals surface area contributed by atoms with Crippen molar-refractivity contribution in [3.8, 4) is 0 Å². The molecule has 29 heavy (non-hydrogen) atoms. The summed E-state index contributed by atoms with van der Waals surface area (Å²) < 4.78 is 40.0. The highest BCUT2D eigenvalue weighted by Gasteiger charge is 2.17. The van der Waals surface area contributed by atoms with Crippen LogP contribution in [0.15, 0.2) is 54.6 Å². The van der Waals surface area contributed by atoms with Crippen LogP contribution in [0.3, 0.4) is 0 Å². The lowest BCUT2D eigenvalue weighted by Crippen LogP contribution is -2.25. The van der Waals surface area contributed by atoms with E-state index in [4.69, 9.17) is 0 Å². The first-order chi connectivity index (χ1) is 13.9. The molecule has 0 aliphatic heterocycles. The molecule has 8 heteroatoms. The summed E-state index contributed by atoms with van der Waals surface area (Å²) in [6.07, 6.45) is 0. The Kier molecular flexibility index (Phi) is 5.92. The van der Waals surface area contributed by atoms with E-state index in [2.05, 4.69) is 15.6 Å². The van der Waals surface area contributed by atoms with Crippen molar-refractivity contribution in [1.29, 1.82) is 0 Å². The Bertz CT molecular complexity index is 1090. The van der Waals surface area contributed by atoms with E-state index in [1.807, 2.05) is 31.2 Å². The fraction of sp³-hybridized carbons (Fsp3) is 0.0952. The number of benzene rings is 2. The number of hydrogen-bond donors (Lipinski definition) is 2. The first kappa shape index (κ1) is 20.1. The number of anilines is 1. The zero-order chi connectivity index (χ0) is 21.0. The van der Waals surface area contributed by atoms with Crippen molar-refractivity contribution in [3.05, 3.63) is 94.6 Å². The largest absolute Gasteiger partial charge is 0.347 e. The summed E-state index contributed by atoms with van der Waals surface area (Å²) in [4.78, 5) is 28.6. The van der Waals surface area contributed by atoms with Crippen LogP contribution in [0.2, 0.25) is 0 Å². The van der Waals surface area contributed by atoms with Gasteiger partial charge in [0.1, 0.15) is 11.4 Å². The van der Waals surface area contributed by atoms with Crippen LogP contribution in [0.25, 0.3) is 0 Å². The van der Waals surface area contributed by atoms with Gasteiger partial charge in [-0.15, -0.1) is 0 Å². The van der Waals surface area contributed by atoms with Crippen LogP contribution in [0, 0.1) is 24.4 Å². The Morgan fingerprint density at radius 1 is 0.862 bits per heavy atom. The maximum absolute atomic E-state index is 13.7. The van der Waals surface area contributed by atoms with Crippen LogP contribution in [-0.4, -0.2) is 16.8 Å².